The van der Waals surface area contributed by atoms with E-state index in [1.54, 1.807) is 4.90 Å². The summed E-state index contributed by atoms with van der Waals surface area (Å²) in [6.07, 6.45) is 2.97. The lowest BCUT2D eigenvalue weighted by Crippen LogP contribution is -2.40. The molecule has 0 spiro atoms. The number of nitrogens with one attached hydrogen (secondary N) is 2. The summed E-state index contributed by atoms with van der Waals surface area (Å²) >= 11 is 0. The number of anilines is 1. The summed E-state index contributed by atoms with van der Waals surface area (Å²) in [5.41, 5.74) is 1.87. The SMILES string of the molecule is CCc1ccccc1NC(=O)NCC(=O)N1CCCC1. The van der Waals surface area contributed by atoms with Crippen LogP contribution < -0.4 is 10.6 Å². The average Bonchev–Trinajstić information content (AvgIpc) is 2.99. The van der Waals surface area contributed by atoms with Crippen LogP contribution in [0.4, 0.5) is 10.5 Å². The quantitative estimate of drug-likeness (QED) is 0.882. The minimum Gasteiger partial charge on any atom is -0.341 e. The summed E-state index contributed by atoms with van der Waals surface area (Å²) in [6.45, 7) is 3.71. The highest BCUT2D eigenvalue weighted by atomic mass is 16.2. The normalized spacial score (nSPS) is 14.2. The highest BCUT2D eigenvalue weighted by molar-refractivity contribution is 5.92. The van der Waals surface area contributed by atoms with Gasteiger partial charge < -0.3 is 15.5 Å². The van der Waals surface area contributed by atoms with Gasteiger partial charge in [0.25, 0.3) is 0 Å². The van der Waals surface area contributed by atoms with Crippen LogP contribution in [0.1, 0.15) is 25.3 Å². The molecule has 3 amide bonds. The highest BCUT2D eigenvalue weighted by Crippen LogP contribution is 2.15. The third kappa shape index (κ3) is 3.73. The van der Waals surface area contributed by atoms with E-state index in [0.29, 0.717) is 0 Å². The summed E-state index contributed by atoms with van der Waals surface area (Å²) in [5.74, 6) is -0.0126. The van der Waals surface area contributed by atoms with Crippen LogP contribution in [0.25, 0.3) is 0 Å². The lowest BCUT2D eigenvalue weighted by molar-refractivity contribution is -0.128. The molecule has 1 saturated heterocycles. The van der Waals surface area contributed by atoms with E-state index in [2.05, 4.69) is 10.6 Å². The first kappa shape index (κ1) is 14.4. The summed E-state index contributed by atoms with van der Waals surface area (Å²) in [5, 5.41) is 5.40. The number of para-hydroxylation sites is 1. The molecule has 1 fully saturated rings. The highest BCUT2D eigenvalue weighted by Gasteiger charge is 2.18. The second-order valence-electron chi connectivity index (χ2n) is 4.91. The first-order chi connectivity index (χ1) is 9.70. The Morgan fingerprint density at radius 3 is 2.60 bits per heavy atom. The molecule has 1 aromatic rings. The molecular weight excluding hydrogens is 254 g/mol. The maximum atomic E-state index is 11.8. The van der Waals surface area contributed by atoms with Gasteiger partial charge in [0, 0.05) is 18.8 Å². The molecule has 1 aliphatic rings. The third-order valence-corrected chi connectivity index (χ3v) is 3.51. The zero-order valence-corrected chi connectivity index (χ0v) is 11.8. The summed E-state index contributed by atoms with van der Waals surface area (Å²) in [7, 11) is 0. The molecule has 1 aliphatic heterocycles. The van der Waals surface area contributed by atoms with E-state index in [0.717, 1.165) is 43.6 Å². The van der Waals surface area contributed by atoms with E-state index in [-0.39, 0.29) is 18.5 Å². The molecule has 2 N–H and O–H groups in total. The van der Waals surface area contributed by atoms with Crippen molar-refractivity contribution in [3.63, 3.8) is 0 Å². The van der Waals surface area contributed by atoms with Gasteiger partial charge in [0.2, 0.25) is 5.91 Å². The van der Waals surface area contributed by atoms with Crippen molar-refractivity contribution in [3.8, 4) is 0 Å². The van der Waals surface area contributed by atoms with Gasteiger partial charge in [0.15, 0.2) is 0 Å². The molecule has 0 aromatic heterocycles. The van der Waals surface area contributed by atoms with Crippen molar-refractivity contribution in [2.75, 3.05) is 25.0 Å². The molecule has 0 saturated carbocycles. The molecule has 2 rings (SSSR count). The summed E-state index contributed by atoms with van der Waals surface area (Å²) < 4.78 is 0. The van der Waals surface area contributed by atoms with Gasteiger partial charge in [-0.1, -0.05) is 25.1 Å². The zero-order valence-electron chi connectivity index (χ0n) is 11.8. The molecule has 0 bridgehead atoms. The van der Waals surface area contributed by atoms with Crippen molar-refractivity contribution < 1.29 is 9.59 Å². The molecule has 1 heterocycles. The number of urea groups is 1. The average molecular weight is 275 g/mol. The number of likely N-dealkylation sites (tertiary alicyclic amines) is 1. The molecule has 0 atom stereocenters. The van der Waals surface area contributed by atoms with E-state index in [9.17, 15) is 9.59 Å². The predicted octanol–water partition coefficient (Wildman–Crippen LogP) is 1.99. The van der Waals surface area contributed by atoms with E-state index >= 15 is 0 Å². The lowest BCUT2D eigenvalue weighted by Gasteiger charge is -2.16. The summed E-state index contributed by atoms with van der Waals surface area (Å²) in [4.78, 5) is 25.4. The Morgan fingerprint density at radius 2 is 1.90 bits per heavy atom. The van der Waals surface area contributed by atoms with Crippen LogP contribution in [-0.4, -0.2) is 36.5 Å². The predicted molar refractivity (Wildman–Crippen MR) is 78.7 cm³/mol. The Morgan fingerprint density at radius 1 is 1.20 bits per heavy atom. The largest absolute Gasteiger partial charge is 0.341 e. The molecule has 1 aromatic carbocycles. The van der Waals surface area contributed by atoms with E-state index in [4.69, 9.17) is 0 Å². The smallest absolute Gasteiger partial charge is 0.319 e. The minimum absolute atomic E-state index is 0.0126. The van der Waals surface area contributed by atoms with Gasteiger partial charge in [-0.3, -0.25) is 4.79 Å². The van der Waals surface area contributed by atoms with Crippen LogP contribution >= 0.6 is 0 Å². The van der Waals surface area contributed by atoms with Gasteiger partial charge in [0.05, 0.1) is 6.54 Å². The van der Waals surface area contributed by atoms with E-state index in [1.807, 2.05) is 31.2 Å². The number of rotatable bonds is 4. The number of benzene rings is 1. The van der Waals surface area contributed by atoms with Crippen molar-refractivity contribution in [2.45, 2.75) is 26.2 Å². The second-order valence-corrected chi connectivity index (χ2v) is 4.91. The van der Waals surface area contributed by atoms with Gasteiger partial charge in [-0.15, -0.1) is 0 Å². The van der Waals surface area contributed by atoms with E-state index < -0.39 is 0 Å². The monoisotopic (exact) mass is 275 g/mol. The van der Waals surface area contributed by atoms with Crippen LogP contribution in [0.2, 0.25) is 0 Å². The third-order valence-electron chi connectivity index (χ3n) is 3.51. The van der Waals surface area contributed by atoms with Crippen molar-refractivity contribution in [1.82, 2.24) is 10.2 Å². The van der Waals surface area contributed by atoms with Crippen molar-refractivity contribution in [3.05, 3.63) is 29.8 Å². The van der Waals surface area contributed by atoms with Crippen LogP contribution in [0.15, 0.2) is 24.3 Å². The standard InChI is InChI=1S/C15H21N3O2/c1-2-12-7-3-4-8-13(12)17-15(20)16-11-14(19)18-9-5-6-10-18/h3-4,7-8H,2,5-6,9-11H2,1H3,(H2,16,17,20). The van der Waals surface area contributed by atoms with Gasteiger partial charge in [-0.2, -0.15) is 0 Å². The Balaban J connectivity index is 1.81. The van der Waals surface area contributed by atoms with Crippen LogP contribution in [0.3, 0.4) is 0 Å². The Kier molecular flexibility index (Phi) is 4.98. The molecular formula is C15H21N3O2. The van der Waals surface area contributed by atoms with Crippen molar-refractivity contribution in [2.24, 2.45) is 0 Å². The Bertz CT molecular complexity index is 482. The fourth-order valence-corrected chi connectivity index (χ4v) is 2.35. The van der Waals surface area contributed by atoms with E-state index in [1.165, 1.54) is 0 Å². The molecule has 0 radical (unpaired) electrons. The maximum Gasteiger partial charge on any atom is 0.319 e. The van der Waals surface area contributed by atoms with Gasteiger partial charge >= 0.3 is 6.03 Å². The zero-order chi connectivity index (χ0) is 14.4. The van der Waals surface area contributed by atoms with Gasteiger partial charge in [-0.05, 0) is 30.9 Å². The number of carbonyl (C=O) groups excluding carboxylic acids is 2. The van der Waals surface area contributed by atoms with Crippen molar-refractivity contribution >= 4 is 17.6 Å². The molecule has 20 heavy (non-hydrogen) atoms. The number of hydrogen-bond acceptors (Lipinski definition) is 2. The fraction of sp³-hybridized carbons (Fsp3) is 0.467. The molecule has 108 valence electrons. The van der Waals surface area contributed by atoms with Crippen LogP contribution in [-0.2, 0) is 11.2 Å². The van der Waals surface area contributed by atoms with Crippen LogP contribution in [0, 0.1) is 0 Å². The maximum absolute atomic E-state index is 11.8. The molecule has 5 heteroatoms. The summed E-state index contributed by atoms with van der Waals surface area (Å²) in [6, 6.07) is 7.33. The lowest BCUT2D eigenvalue weighted by atomic mass is 10.1. The number of carbonyl (C=O) groups is 2. The molecule has 5 nitrogen and oxygen atoms in total. The number of amides is 3. The fourth-order valence-electron chi connectivity index (χ4n) is 2.35. The number of nitrogens with zero attached hydrogens (tertiary/aromatic N) is 1. The molecule has 0 unspecified atom stereocenters. The second kappa shape index (κ2) is 6.93. The van der Waals surface area contributed by atoms with Crippen molar-refractivity contribution in [1.29, 1.82) is 0 Å². The first-order valence-corrected chi connectivity index (χ1v) is 7.11. The Hall–Kier alpha value is -2.04. The van der Waals surface area contributed by atoms with Gasteiger partial charge in [0.1, 0.15) is 0 Å². The van der Waals surface area contributed by atoms with Crippen LogP contribution in [0.5, 0.6) is 0 Å². The topological polar surface area (TPSA) is 61.4 Å². The number of aryl methyl sites for hydroxylation is 1. The number of hydrogen-bond donors (Lipinski definition) is 2. The Labute approximate surface area is 119 Å². The molecule has 0 aliphatic carbocycles. The first-order valence-electron chi connectivity index (χ1n) is 7.11. The van der Waals surface area contributed by atoms with Gasteiger partial charge in [-0.25, -0.2) is 4.79 Å². The minimum atomic E-state index is -0.335.